The third-order valence-corrected chi connectivity index (χ3v) is 9.25. The first-order chi connectivity index (χ1) is 20.3. The standard InChI is InChI=1S/C29H32FN7O3S2/c1-19-5-10-32-23(14-19)36-28-34-15-24(42-28)41-21-6-11-33-26(25(21)30)27(40)35-18-29(22-4-2-3-9-31-22)7-12-37(13-8-29)16-20(39)17-38/h2-6,9-11,14-15,20,38-39H,7-8,12-13,16-18H2,1H3,(H,35,40)(H,32,34,36)/t20-/m0/s1. The Kier molecular flexibility index (Phi) is 9.75. The Morgan fingerprint density at radius 1 is 1.14 bits per heavy atom. The van der Waals surface area contributed by atoms with Gasteiger partial charge in [-0.2, -0.15) is 0 Å². The summed E-state index contributed by atoms with van der Waals surface area (Å²) in [6.45, 7) is 3.64. The van der Waals surface area contributed by atoms with Gasteiger partial charge >= 0.3 is 0 Å². The zero-order chi connectivity index (χ0) is 29.5. The lowest BCUT2D eigenvalue weighted by Crippen LogP contribution is -2.51. The lowest BCUT2D eigenvalue weighted by molar-refractivity contribution is 0.0426. The van der Waals surface area contributed by atoms with Crippen LogP contribution >= 0.6 is 23.1 Å². The van der Waals surface area contributed by atoms with Gasteiger partial charge in [0, 0.05) is 42.8 Å². The maximum Gasteiger partial charge on any atom is 0.273 e. The molecule has 5 heterocycles. The summed E-state index contributed by atoms with van der Waals surface area (Å²) >= 11 is 2.53. The minimum Gasteiger partial charge on any atom is -0.394 e. The van der Waals surface area contributed by atoms with Crippen molar-refractivity contribution in [1.29, 1.82) is 0 Å². The molecule has 4 N–H and O–H groups in total. The highest BCUT2D eigenvalue weighted by molar-refractivity contribution is 8.01. The largest absolute Gasteiger partial charge is 0.394 e. The number of nitrogens with one attached hydrogen (secondary N) is 2. The van der Waals surface area contributed by atoms with E-state index in [2.05, 4.69) is 35.5 Å². The summed E-state index contributed by atoms with van der Waals surface area (Å²) in [6.07, 6.45) is 7.06. The van der Waals surface area contributed by atoms with E-state index in [1.807, 2.05) is 37.3 Å². The van der Waals surface area contributed by atoms with Crippen LogP contribution in [0.1, 0.15) is 34.6 Å². The van der Waals surface area contributed by atoms with Crippen LogP contribution in [0.15, 0.2) is 70.3 Å². The van der Waals surface area contributed by atoms with Gasteiger partial charge in [-0.05, 0) is 68.8 Å². The summed E-state index contributed by atoms with van der Waals surface area (Å²) in [5.74, 6) is -0.615. The maximum absolute atomic E-state index is 15.5. The van der Waals surface area contributed by atoms with Gasteiger partial charge in [0.25, 0.3) is 5.91 Å². The van der Waals surface area contributed by atoms with Gasteiger partial charge in [-0.3, -0.25) is 9.78 Å². The molecule has 0 saturated carbocycles. The van der Waals surface area contributed by atoms with Gasteiger partial charge in [0.05, 0.1) is 28.0 Å². The normalized spacial score (nSPS) is 15.7. The molecule has 0 aromatic carbocycles. The van der Waals surface area contributed by atoms with Crippen molar-refractivity contribution in [2.75, 3.05) is 38.1 Å². The van der Waals surface area contributed by atoms with Gasteiger partial charge in [-0.1, -0.05) is 29.2 Å². The van der Waals surface area contributed by atoms with Gasteiger partial charge in [0.1, 0.15) is 5.82 Å². The van der Waals surface area contributed by atoms with Gasteiger partial charge in [-0.25, -0.2) is 19.3 Å². The SMILES string of the molecule is Cc1ccnc(Nc2ncc(Sc3ccnc(C(=O)NCC4(c5ccccn5)CCN(C[C@H](O)CO)CC4)c3F)s2)c1. The average molecular weight is 610 g/mol. The van der Waals surface area contributed by atoms with E-state index in [1.54, 1.807) is 18.6 Å². The summed E-state index contributed by atoms with van der Waals surface area (Å²) in [5, 5.41) is 25.8. The number of rotatable bonds is 11. The number of pyridine rings is 3. The van der Waals surface area contributed by atoms with E-state index in [0.717, 1.165) is 15.5 Å². The molecule has 1 aliphatic rings. The molecule has 0 unspecified atom stereocenters. The van der Waals surface area contributed by atoms with Gasteiger partial charge in [0.15, 0.2) is 16.6 Å². The lowest BCUT2D eigenvalue weighted by atomic mass is 9.75. The average Bonchev–Trinajstić information content (AvgIpc) is 3.44. The number of anilines is 2. The number of halogens is 1. The number of aryl methyl sites for hydroxylation is 1. The van der Waals surface area contributed by atoms with Crippen molar-refractivity contribution >= 4 is 40.0 Å². The number of aliphatic hydroxyl groups excluding tert-OH is 2. The Bertz CT molecular complexity index is 1500. The molecule has 1 aliphatic heterocycles. The van der Waals surface area contributed by atoms with Crippen molar-refractivity contribution in [1.82, 2.24) is 30.2 Å². The molecule has 0 radical (unpaired) electrons. The molecule has 1 fully saturated rings. The summed E-state index contributed by atoms with van der Waals surface area (Å²) < 4.78 is 16.3. The molecule has 0 spiro atoms. The third kappa shape index (κ3) is 7.28. The van der Waals surface area contributed by atoms with Crippen LogP contribution in [-0.4, -0.2) is 79.8 Å². The number of piperidine rings is 1. The highest BCUT2D eigenvalue weighted by Gasteiger charge is 2.38. The fourth-order valence-corrected chi connectivity index (χ4v) is 6.77. The molecule has 5 rings (SSSR count). The smallest absolute Gasteiger partial charge is 0.273 e. The second kappa shape index (κ2) is 13.7. The molecule has 220 valence electrons. The van der Waals surface area contributed by atoms with E-state index in [4.69, 9.17) is 0 Å². The van der Waals surface area contributed by atoms with E-state index in [0.29, 0.717) is 43.4 Å². The molecular weight excluding hydrogens is 577 g/mol. The van der Waals surface area contributed by atoms with Crippen molar-refractivity contribution in [2.45, 2.75) is 40.4 Å². The molecule has 10 nitrogen and oxygen atoms in total. The lowest BCUT2D eigenvalue weighted by Gasteiger charge is -2.42. The predicted octanol–water partition coefficient (Wildman–Crippen LogP) is 3.79. The van der Waals surface area contributed by atoms with Crippen molar-refractivity contribution in [3.63, 3.8) is 0 Å². The van der Waals surface area contributed by atoms with Crippen molar-refractivity contribution in [3.05, 3.63) is 84.0 Å². The fraction of sp³-hybridized carbons (Fsp3) is 0.345. The number of aromatic nitrogens is 4. The molecule has 0 bridgehead atoms. The number of amides is 1. The number of hydrogen-bond donors (Lipinski definition) is 4. The van der Waals surface area contributed by atoms with Crippen LogP contribution in [0.5, 0.6) is 0 Å². The summed E-state index contributed by atoms with van der Waals surface area (Å²) in [7, 11) is 0. The molecule has 4 aromatic rings. The van der Waals surface area contributed by atoms with Crippen LogP contribution in [0.3, 0.4) is 0 Å². The molecular formula is C29H32FN7O3S2. The van der Waals surface area contributed by atoms with Gasteiger partial charge < -0.3 is 25.7 Å². The number of carbonyl (C=O) groups excluding carboxylic acids is 1. The second-order valence-corrected chi connectivity index (χ2v) is 12.6. The maximum atomic E-state index is 15.5. The molecule has 42 heavy (non-hydrogen) atoms. The highest BCUT2D eigenvalue weighted by atomic mass is 32.2. The molecule has 1 saturated heterocycles. The van der Waals surface area contributed by atoms with E-state index in [-0.39, 0.29) is 23.7 Å². The number of carbonyl (C=O) groups is 1. The molecule has 4 aromatic heterocycles. The topological polar surface area (TPSA) is 136 Å². The van der Waals surface area contributed by atoms with Gasteiger partial charge in [-0.15, -0.1) is 0 Å². The van der Waals surface area contributed by atoms with Crippen LogP contribution in [0.4, 0.5) is 15.3 Å². The van der Waals surface area contributed by atoms with E-state index in [9.17, 15) is 15.0 Å². The van der Waals surface area contributed by atoms with Crippen LogP contribution in [-0.2, 0) is 5.41 Å². The summed E-state index contributed by atoms with van der Waals surface area (Å²) in [6, 6.07) is 11.0. The molecule has 13 heteroatoms. The van der Waals surface area contributed by atoms with Crippen LogP contribution in [0.2, 0.25) is 0 Å². The van der Waals surface area contributed by atoms with Crippen molar-refractivity contribution in [3.8, 4) is 0 Å². The van der Waals surface area contributed by atoms with Crippen LogP contribution in [0, 0.1) is 12.7 Å². The Morgan fingerprint density at radius 3 is 2.69 bits per heavy atom. The molecule has 1 amide bonds. The van der Waals surface area contributed by atoms with Crippen LogP contribution < -0.4 is 10.6 Å². The van der Waals surface area contributed by atoms with Gasteiger partial charge in [0.2, 0.25) is 0 Å². The summed E-state index contributed by atoms with van der Waals surface area (Å²) in [5.41, 5.74) is 1.18. The van der Waals surface area contributed by atoms with E-state index >= 15 is 4.39 Å². The number of β-amino-alcohol motifs (C(OH)–C–C–N with tert-alkyl or cyclic N) is 1. The first-order valence-corrected chi connectivity index (χ1v) is 15.2. The zero-order valence-electron chi connectivity index (χ0n) is 23.0. The number of aliphatic hydroxyl groups is 2. The van der Waals surface area contributed by atoms with E-state index < -0.39 is 23.2 Å². The number of thiazole rings is 1. The minimum atomic E-state index is -0.802. The van der Waals surface area contributed by atoms with Crippen molar-refractivity contribution in [2.24, 2.45) is 0 Å². The summed E-state index contributed by atoms with van der Waals surface area (Å²) in [4.78, 5) is 32.9. The minimum absolute atomic E-state index is 0.259. The fourth-order valence-electron chi connectivity index (χ4n) is 4.90. The Balaban J connectivity index is 1.26. The number of hydrogen-bond acceptors (Lipinski definition) is 11. The monoisotopic (exact) mass is 609 g/mol. The number of nitrogens with zero attached hydrogens (tertiary/aromatic N) is 5. The first-order valence-electron chi connectivity index (χ1n) is 13.5. The highest BCUT2D eigenvalue weighted by Crippen LogP contribution is 2.37. The zero-order valence-corrected chi connectivity index (χ0v) is 24.7. The predicted molar refractivity (Wildman–Crippen MR) is 160 cm³/mol. The quantitative estimate of drug-likeness (QED) is 0.199. The second-order valence-electron chi connectivity index (χ2n) is 10.2. The Hall–Kier alpha value is -3.49. The Labute approximate surface area is 251 Å². The van der Waals surface area contributed by atoms with E-state index in [1.165, 1.54) is 35.4 Å². The molecule has 0 aliphatic carbocycles. The number of likely N-dealkylation sites (tertiary alicyclic amines) is 1. The van der Waals surface area contributed by atoms with Crippen molar-refractivity contribution < 1.29 is 19.4 Å². The first kappa shape index (κ1) is 30.0. The molecule has 1 atom stereocenters. The Morgan fingerprint density at radius 2 is 1.95 bits per heavy atom. The third-order valence-electron chi connectivity index (χ3n) is 7.20. The van der Waals surface area contributed by atoms with Crippen LogP contribution in [0.25, 0.3) is 0 Å².